The van der Waals surface area contributed by atoms with Gasteiger partial charge >= 0.3 is 6.03 Å². The van der Waals surface area contributed by atoms with Crippen LogP contribution in [0.4, 0.5) is 10.5 Å². The standard InChI is InChI=1S/C20H18ClN3O5/c1-20(9-12-5-6-15-16(7-12)29-11-28-15)18(26)24(19(27)23-20)10-17(25)22-14-4-2-3-13(21)8-14/h2-8H,9-11H2,1H3,(H,22,25)(H,23,27). The number of urea groups is 1. The molecule has 0 aromatic heterocycles. The number of rotatable bonds is 5. The molecule has 9 heteroatoms. The van der Waals surface area contributed by atoms with E-state index in [4.69, 9.17) is 21.1 Å². The average molecular weight is 416 g/mol. The van der Waals surface area contributed by atoms with Crippen LogP contribution in [0.1, 0.15) is 12.5 Å². The first-order chi connectivity index (χ1) is 13.8. The Kier molecular flexibility index (Phi) is 4.79. The van der Waals surface area contributed by atoms with E-state index < -0.39 is 29.9 Å². The molecule has 0 saturated carbocycles. The van der Waals surface area contributed by atoms with E-state index >= 15 is 0 Å². The van der Waals surface area contributed by atoms with Crippen molar-refractivity contribution < 1.29 is 23.9 Å². The molecule has 2 aliphatic heterocycles. The van der Waals surface area contributed by atoms with Crippen molar-refractivity contribution in [1.29, 1.82) is 0 Å². The van der Waals surface area contributed by atoms with Gasteiger partial charge in [0.15, 0.2) is 11.5 Å². The highest BCUT2D eigenvalue weighted by Gasteiger charge is 2.48. The second-order valence-corrected chi connectivity index (χ2v) is 7.51. The predicted molar refractivity (Wildman–Crippen MR) is 105 cm³/mol. The lowest BCUT2D eigenvalue weighted by molar-refractivity contribution is -0.133. The number of imide groups is 1. The number of hydrogen-bond donors (Lipinski definition) is 2. The van der Waals surface area contributed by atoms with Gasteiger partial charge in [0.1, 0.15) is 12.1 Å². The molecule has 1 unspecified atom stereocenters. The topological polar surface area (TPSA) is 97.0 Å². The Morgan fingerprint density at radius 1 is 1.21 bits per heavy atom. The molecule has 4 amide bonds. The van der Waals surface area contributed by atoms with Crippen LogP contribution in [-0.4, -0.2) is 41.6 Å². The minimum absolute atomic E-state index is 0.154. The Morgan fingerprint density at radius 3 is 2.79 bits per heavy atom. The highest BCUT2D eigenvalue weighted by molar-refractivity contribution is 6.30. The van der Waals surface area contributed by atoms with Gasteiger partial charge in [0, 0.05) is 17.1 Å². The number of nitrogens with one attached hydrogen (secondary N) is 2. The number of carbonyl (C=O) groups excluding carboxylic acids is 3. The molecule has 1 atom stereocenters. The van der Waals surface area contributed by atoms with E-state index in [9.17, 15) is 14.4 Å². The Morgan fingerprint density at radius 2 is 2.00 bits per heavy atom. The fourth-order valence-corrected chi connectivity index (χ4v) is 3.57. The molecule has 2 heterocycles. The van der Waals surface area contributed by atoms with Gasteiger partial charge in [-0.2, -0.15) is 0 Å². The minimum atomic E-state index is -1.17. The highest BCUT2D eigenvalue weighted by Crippen LogP contribution is 2.34. The van der Waals surface area contributed by atoms with Crippen molar-refractivity contribution in [2.75, 3.05) is 18.7 Å². The Labute approximate surface area is 171 Å². The van der Waals surface area contributed by atoms with Crippen LogP contribution >= 0.6 is 11.6 Å². The van der Waals surface area contributed by atoms with E-state index in [-0.39, 0.29) is 13.2 Å². The van der Waals surface area contributed by atoms with E-state index in [0.29, 0.717) is 22.2 Å². The van der Waals surface area contributed by atoms with Crippen molar-refractivity contribution in [3.8, 4) is 11.5 Å². The van der Waals surface area contributed by atoms with Crippen LogP contribution < -0.4 is 20.1 Å². The van der Waals surface area contributed by atoms with Gasteiger partial charge in [-0.25, -0.2) is 4.79 Å². The van der Waals surface area contributed by atoms with Gasteiger partial charge < -0.3 is 20.1 Å². The summed E-state index contributed by atoms with van der Waals surface area (Å²) < 4.78 is 10.6. The number of fused-ring (bicyclic) bond motifs is 1. The zero-order valence-electron chi connectivity index (χ0n) is 15.5. The molecule has 0 bridgehead atoms. The Bertz CT molecular complexity index is 1010. The fourth-order valence-electron chi connectivity index (χ4n) is 3.38. The van der Waals surface area contributed by atoms with Gasteiger partial charge in [-0.3, -0.25) is 14.5 Å². The monoisotopic (exact) mass is 415 g/mol. The lowest BCUT2D eigenvalue weighted by Crippen LogP contribution is -2.46. The molecule has 0 aliphatic carbocycles. The maximum Gasteiger partial charge on any atom is 0.325 e. The predicted octanol–water partition coefficient (Wildman–Crippen LogP) is 2.56. The molecule has 29 heavy (non-hydrogen) atoms. The van der Waals surface area contributed by atoms with Gasteiger partial charge in [0.2, 0.25) is 12.7 Å². The number of amides is 4. The summed E-state index contributed by atoms with van der Waals surface area (Å²) >= 11 is 5.90. The van der Waals surface area contributed by atoms with Crippen molar-refractivity contribution >= 4 is 35.1 Å². The molecule has 2 aromatic carbocycles. The summed E-state index contributed by atoms with van der Waals surface area (Å²) in [6.07, 6.45) is 0.251. The fraction of sp³-hybridized carbons (Fsp3) is 0.250. The maximum absolute atomic E-state index is 12.9. The van der Waals surface area contributed by atoms with E-state index in [1.807, 2.05) is 6.07 Å². The SMILES string of the molecule is CC1(Cc2ccc3c(c2)OCO3)NC(=O)N(CC(=O)Nc2cccc(Cl)c2)C1=O. The molecule has 150 valence electrons. The van der Waals surface area contributed by atoms with Crippen molar-refractivity contribution in [2.24, 2.45) is 0 Å². The molecule has 0 spiro atoms. The first-order valence-corrected chi connectivity index (χ1v) is 9.30. The summed E-state index contributed by atoms with van der Waals surface area (Å²) in [4.78, 5) is 38.5. The van der Waals surface area contributed by atoms with Crippen molar-refractivity contribution in [3.05, 3.63) is 53.1 Å². The number of halogens is 1. The molecule has 1 saturated heterocycles. The molecule has 0 radical (unpaired) electrons. The van der Waals surface area contributed by atoms with E-state index in [1.54, 1.807) is 43.3 Å². The third-order valence-electron chi connectivity index (χ3n) is 4.75. The number of ether oxygens (including phenoxy) is 2. The van der Waals surface area contributed by atoms with Gasteiger partial charge in [-0.05, 0) is 42.8 Å². The molecule has 2 N–H and O–H groups in total. The Hall–Kier alpha value is -3.26. The minimum Gasteiger partial charge on any atom is -0.454 e. The zero-order valence-corrected chi connectivity index (χ0v) is 16.3. The van der Waals surface area contributed by atoms with E-state index in [1.165, 1.54) is 0 Å². The summed E-state index contributed by atoms with van der Waals surface area (Å²) in [6.45, 7) is 1.39. The Balaban J connectivity index is 1.44. The largest absolute Gasteiger partial charge is 0.454 e. The highest BCUT2D eigenvalue weighted by atomic mass is 35.5. The first-order valence-electron chi connectivity index (χ1n) is 8.92. The summed E-state index contributed by atoms with van der Waals surface area (Å²) in [7, 11) is 0. The quantitative estimate of drug-likeness (QED) is 0.731. The third-order valence-corrected chi connectivity index (χ3v) is 4.98. The molecular weight excluding hydrogens is 398 g/mol. The summed E-state index contributed by atoms with van der Waals surface area (Å²) in [5.74, 6) is 0.269. The second kappa shape index (κ2) is 7.29. The number of anilines is 1. The molecule has 8 nitrogen and oxygen atoms in total. The lowest BCUT2D eigenvalue weighted by atomic mass is 9.92. The molecular formula is C20H18ClN3O5. The summed E-state index contributed by atoms with van der Waals surface area (Å²) in [5.41, 5.74) is 0.120. The average Bonchev–Trinajstić information content (AvgIpc) is 3.20. The van der Waals surface area contributed by atoms with Crippen LogP contribution in [0.2, 0.25) is 5.02 Å². The number of benzene rings is 2. The van der Waals surface area contributed by atoms with Gasteiger partial charge in [0.05, 0.1) is 0 Å². The summed E-state index contributed by atoms with van der Waals surface area (Å²) in [6, 6.07) is 11.4. The maximum atomic E-state index is 12.9. The second-order valence-electron chi connectivity index (χ2n) is 7.08. The van der Waals surface area contributed by atoms with Crippen LogP contribution in [0.3, 0.4) is 0 Å². The summed E-state index contributed by atoms with van der Waals surface area (Å²) in [5, 5.41) is 5.78. The molecule has 2 aromatic rings. The zero-order chi connectivity index (χ0) is 20.6. The van der Waals surface area contributed by atoms with Crippen LogP contribution in [0, 0.1) is 0 Å². The van der Waals surface area contributed by atoms with Crippen LogP contribution in [-0.2, 0) is 16.0 Å². The van der Waals surface area contributed by atoms with Crippen molar-refractivity contribution in [1.82, 2.24) is 10.2 Å². The van der Waals surface area contributed by atoms with Crippen LogP contribution in [0.15, 0.2) is 42.5 Å². The first kappa shape index (κ1) is 19.1. The van der Waals surface area contributed by atoms with Crippen molar-refractivity contribution in [3.63, 3.8) is 0 Å². The molecule has 2 aliphatic rings. The van der Waals surface area contributed by atoms with E-state index in [2.05, 4.69) is 10.6 Å². The normalized spacial score (nSPS) is 20.0. The number of carbonyl (C=O) groups is 3. The lowest BCUT2D eigenvalue weighted by Gasteiger charge is -2.22. The third kappa shape index (κ3) is 3.84. The number of hydrogen-bond acceptors (Lipinski definition) is 5. The van der Waals surface area contributed by atoms with Crippen molar-refractivity contribution in [2.45, 2.75) is 18.9 Å². The van der Waals surface area contributed by atoms with Gasteiger partial charge in [0.25, 0.3) is 5.91 Å². The number of nitrogens with zero attached hydrogens (tertiary/aromatic N) is 1. The molecule has 1 fully saturated rings. The van der Waals surface area contributed by atoms with Gasteiger partial charge in [-0.1, -0.05) is 23.7 Å². The molecule has 4 rings (SSSR count). The smallest absolute Gasteiger partial charge is 0.325 e. The van der Waals surface area contributed by atoms with Crippen LogP contribution in [0.25, 0.3) is 0 Å². The van der Waals surface area contributed by atoms with Gasteiger partial charge in [-0.15, -0.1) is 0 Å². The van der Waals surface area contributed by atoms with E-state index in [0.717, 1.165) is 10.5 Å². The van der Waals surface area contributed by atoms with Crippen LogP contribution in [0.5, 0.6) is 11.5 Å².